The molecule has 1 saturated heterocycles. The molecule has 1 aliphatic rings. The lowest BCUT2D eigenvalue weighted by molar-refractivity contribution is -0.384. The highest BCUT2D eigenvalue weighted by molar-refractivity contribution is 6.31. The van der Waals surface area contributed by atoms with E-state index in [1.54, 1.807) is 0 Å². The highest BCUT2D eigenvalue weighted by atomic mass is 35.5. The molecule has 7 nitrogen and oxygen atoms in total. The number of hydrogen-bond acceptors (Lipinski definition) is 4. The number of likely N-dealkylation sites (tertiary alicyclic amines) is 1. The first-order valence-corrected chi connectivity index (χ1v) is 7.16. The van der Waals surface area contributed by atoms with Crippen LogP contribution in [0.1, 0.15) is 30.1 Å². The first-order chi connectivity index (χ1) is 10.3. The van der Waals surface area contributed by atoms with Crippen LogP contribution in [0.25, 0.3) is 0 Å². The summed E-state index contributed by atoms with van der Waals surface area (Å²) in [6.07, 6.45) is 1.08. The second-order valence-electron chi connectivity index (χ2n) is 5.37. The number of nitro groups is 1. The van der Waals surface area contributed by atoms with Gasteiger partial charge in [0, 0.05) is 35.3 Å². The van der Waals surface area contributed by atoms with Gasteiger partial charge in [-0.1, -0.05) is 11.6 Å². The lowest BCUT2D eigenvalue weighted by Gasteiger charge is -2.36. The van der Waals surface area contributed by atoms with E-state index in [4.69, 9.17) is 16.7 Å². The Hall–Kier alpha value is -2.15. The van der Waals surface area contributed by atoms with Crippen molar-refractivity contribution in [3.63, 3.8) is 0 Å². The Bertz CT molecular complexity index is 634. The third-order valence-corrected chi connectivity index (χ3v) is 4.05. The molecule has 0 bridgehead atoms. The zero-order valence-corrected chi connectivity index (χ0v) is 12.6. The zero-order chi connectivity index (χ0) is 16.4. The lowest BCUT2D eigenvalue weighted by atomic mass is 9.93. The van der Waals surface area contributed by atoms with Gasteiger partial charge >= 0.3 is 5.97 Å². The summed E-state index contributed by atoms with van der Waals surface area (Å²) >= 11 is 5.82. The monoisotopic (exact) mass is 326 g/mol. The average molecular weight is 327 g/mol. The normalized spacial score (nSPS) is 21.5. The molecular weight excluding hydrogens is 312 g/mol. The lowest BCUT2D eigenvalue weighted by Crippen LogP contribution is -2.47. The van der Waals surface area contributed by atoms with Gasteiger partial charge in [-0.15, -0.1) is 0 Å². The van der Waals surface area contributed by atoms with Crippen LogP contribution >= 0.6 is 11.6 Å². The number of carboxylic acid groups (broad SMARTS) is 1. The number of hydrogen-bond donors (Lipinski definition) is 1. The molecule has 1 N–H and O–H groups in total. The van der Waals surface area contributed by atoms with E-state index in [1.165, 1.54) is 11.0 Å². The molecular formula is C14H15ClN2O5. The highest BCUT2D eigenvalue weighted by Gasteiger charge is 2.33. The number of piperidine rings is 1. The van der Waals surface area contributed by atoms with Crippen LogP contribution in [-0.2, 0) is 4.79 Å². The van der Waals surface area contributed by atoms with Crippen LogP contribution in [0.5, 0.6) is 0 Å². The predicted molar refractivity (Wildman–Crippen MR) is 79.0 cm³/mol. The minimum absolute atomic E-state index is 0.0929. The van der Waals surface area contributed by atoms with E-state index in [2.05, 4.69) is 0 Å². The van der Waals surface area contributed by atoms with Gasteiger partial charge in [0.25, 0.3) is 11.6 Å². The molecule has 1 fully saturated rings. The van der Waals surface area contributed by atoms with Crippen LogP contribution in [-0.4, -0.2) is 39.4 Å². The molecule has 118 valence electrons. The van der Waals surface area contributed by atoms with Crippen molar-refractivity contribution in [2.75, 3.05) is 6.54 Å². The zero-order valence-electron chi connectivity index (χ0n) is 11.9. The van der Waals surface area contributed by atoms with Crippen LogP contribution in [0.15, 0.2) is 18.2 Å². The Morgan fingerprint density at radius 2 is 2.05 bits per heavy atom. The van der Waals surface area contributed by atoms with E-state index in [0.29, 0.717) is 12.8 Å². The summed E-state index contributed by atoms with van der Waals surface area (Å²) in [4.78, 5) is 35.3. The molecule has 0 spiro atoms. The van der Waals surface area contributed by atoms with Crippen LogP contribution in [0.2, 0.25) is 5.02 Å². The molecule has 0 aromatic heterocycles. The number of nitro benzene ring substituents is 1. The number of amides is 1. The number of carbonyl (C=O) groups excluding carboxylic acids is 1. The van der Waals surface area contributed by atoms with Crippen molar-refractivity contribution in [2.45, 2.75) is 25.8 Å². The van der Waals surface area contributed by atoms with Crippen molar-refractivity contribution in [2.24, 2.45) is 5.92 Å². The minimum atomic E-state index is -0.943. The van der Waals surface area contributed by atoms with Crippen LogP contribution < -0.4 is 0 Å². The van der Waals surface area contributed by atoms with Crippen LogP contribution in [0.4, 0.5) is 5.69 Å². The molecule has 1 aromatic rings. The Balaban J connectivity index is 2.30. The van der Waals surface area contributed by atoms with Gasteiger partial charge in [-0.25, -0.2) is 0 Å². The highest BCUT2D eigenvalue weighted by Crippen LogP contribution is 2.27. The number of carbonyl (C=O) groups is 2. The topological polar surface area (TPSA) is 101 Å². The van der Waals surface area contributed by atoms with E-state index >= 15 is 0 Å². The maximum absolute atomic E-state index is 12.6. The summed E-state index contributed by atoms with van der Waals surface area (Å²) in [6, 6.07) is 3.55. The van der Waals surface area contributed by atoms with Gasteiger partial charge in [0.05, 0.1) is 10.8 Å². The number of non-ortho nitro benzene ring substituents is 1. The van der Waals surface area contributed by atoms with Crippen LogP contribution in [0.3, 0.4) is 0 Å². The van der Waals surface area contributed by atoms with Crippen molar-refractivity contribution in [1.29, 1.82) is 0 Å². The van der Waals surface area contributed by atoms with Gasteiger partial charge in [-0.05, 0) is 25.8 Å². The largest absolute Gasteiger partial charge is 0.481 e. The number of nitrogens with zero attached hydrogens (tertiary/aromatic N) is 2. The molecule has 0 aliphatic carbocycles. The van der Waals surface area contributed by atoms with Crippen LogP contribution in [0, 0.1) is 16.0 Å². The Morgan fingerprint density at radius 1 is 1.36 bits per heavy atom. The van der Waals surface area contributed by atoms with Gasteiger partial charge in [0.15, 0.2) is 0 Å². The third-order valence-electron chi connectivity index (χ3n) is 3.83. The molecule has 2 unspecified atom stereocenters. The van der Waals surface area contributed by atoms with Gasteiger partial charge in [-0.3, -0.25) is 19.7 Å². The van der Waals surface area contributed by atoms with E-state index in [9.17, 15) is 19.7 Å². The number of rotatable bonds is 3. The first kappa shape index (κ1) is 16.2. The summed E-state index contributed by atoms with van der Waals surface area (Å²) in [5, 5.41) is 20.1. The quantitative estimate of drug-likeness (QED) is 0.679. The molecule has 1 aliphatic heterocycles. The maximum Gasteiger partial charge on any atom is 0.308 e. The van der Waals surface area contributed by atoms with Gasteiger partial charge in [0.1, 0.15) is 0 Å². The minimum Gasteiger partial charge on any atom is -0.481 e. The van der Waals surface area contributed by atoms with Gasteiger partial charge in [-0.2, -0.15) is 0 Å². The average Bonchev–Trinajstić information content (AvgIpc) is 2.46. The molecule has 2 rings (SSSR count). The standard InChI is InChI=1S/C14H15ClN2O5/c1-8-2-3-9(14(19)20)7-16(8)13(18)10-4-11(15)6-12(5-10)17(21)22/h4-6,8-9H,2-3,7H2,1H3,(H,19,20). The number of aliphatic carboxylic acids is 1. The first-order valence-electron chi connectivity index (χ1n) is 6.78. The van der Waals surface area contributed by atoms with Crippen molar-refractivity contribution in [3.05, 3.63) is 38.9 Å². The van der Waals surface area contributed by atoms with Crippen molar-refractivity contribution < 1.29 is 19.6 Å². The summed E-state index contributed by atoms with van der Waals surface area (Å²) in [5.74, 6) is -2.00. The number of carboxylic acids is 1. The number of halogens is 1. The fourth-order valence-corrected chi connectivity index (χ4v) is 2.79. The molecule has 22 heavy (non-hydrogen) atoms. The second-order valence-corrected chi connectivity index (χ2v) is 5.81. The van der Waals surface area contributed by atoms with Gasteiger partial charge in [0.2, 0.25) is 0 Å². The van der Waals surface area contributed by atoms with E-state index < -0.39 is 22.7 Å². The summed E-state index contributed by atoms with van der Waals surface area (Å²) in [6.45, 7) is 1.92. The summed E-state index contributed by atoms with van der Waals surface area (Å²) in [5.41, 5.74) is -0.174. The fraction of sp³-hybridized carbons (Fsp3) is 0.429. The second kappa shape index (κ2) is 6.31. The predicted octanol–water partition coefficient (Wildman–Crippen LogP) is 2.57. The molecule has 1 amide bonds. The van der Waals surface area contributed by atoms with E-state index in [-0.39, 0.29) is 28.9 Å². The maximum atomic E-state index is 12.6. The van der Waals surface area contributed by atoms with Crippen molar-refractivity contribution >= 4 is 29.2 Å². The van der Waals surface area contributed by atoms with Crippen molar-refractivity contribution in [3.8, 4) is 0 Å². The molecule has 1 aromatic carbocycles. The summed E-state index contributed by atoms with van der Waals surface area (Å²) < 4.78 is 0. The Labute approximate surface area is 131 Å². The summed E-state index contributed by atoms with van der Waals surface area (Å²) in [7, 11) is 0. The SMILES string of the molecule is CC1CCC(C(=O)O)CN1C(=O)c1cc(Cl)cc([N+](=O)[O-])c1. The smallest absolute Gasteiger partial charge is 0.308 e. The Kier molecular flexibility index (Phi) is 4.65. The molecule has 0 saturated carbocycles. The molecule has 0 radical (unpaired) electrons. The van der Waals surface area contributed by atoms with E-state index in [1.807, 2.05) is 6.92 Å². The number of benzene rings is 1. The molecule has 8 heteroatoms. The van der Waals surface area contributed by atoms with Gasteiger partial charge < -0.3 is 10.0 Å². The third kappa shape index (κ3) is 3.36. The molecule has 1 heterocycles. The Morgan fingerprint density at radius 3 is 2.64 bits per heavy atom. The van der Waals surface area contributed by atoms with E-state index in [0.717, 1.165) is 12.1 Å². The molecule has 2 atom stereocenters. The van der Waals surface area contributed by atoms with Crippen molar-refractivity contribution in [1.82, 2.24) is 4.90 Å². The fourth-order valence-electron chi connectivity index (χ4n) is 2.56.